The number of hydrogen-bond acceptors (Lipinski definition) is 3. The molecule has 158 valence electrons. The van der Waals surface area contributed by atoms with Crippen molar-refractivity contribution in [3.8, 4) is 11.3 Å². The monoisotopic (exact) mass is 441 g/mol. The number of nitrogens with one attached hydrogen (secondary N) is 1. The molecule has 1 aliphatic heterocycles. The van der Waals surface area contributed by atoms with Crippen molar-refractivity contribution >= 4 is 23.3 Å². The lowest BCUT2D eigenvalue weighted by Gasteiger charge is -2.28. The highest BCUT2D eigenvalue weighted by Crippen LogP contribution is 2.30. The zero-order valence-electron chi connectivity index (χ0n) is 17.2. The van der Waals surface area contributed by atoms with Gasteiger partial charge in [-0.1, -0.05) is 72.3 Å². The summed E-state index contributed by atoms with van der Waals surface area (Å²) >= 11 is 6.02. The highest BCUT2D eigenvalue weighted by molar-refractivity contribution is 6.30. The van der Waals surface area contributed by atoms with Crippen LogP contribution in [0.15, 0.2) is 78.9 Å². The van der Waals surface area contributed by atoms with Crippen LogP contribution in [0.5, 0.6) is 0 Å². The van der Waals surface area contributed by atoms with Gasteiger partial charge in [-0.25, -0.2) is 0 Å². The maximum atomic E-state index is 13.5. The van der Waals surface area contributed by atoms with E-state index in [0.717, 1.165) is 22.5 Å². The number of ketones is 1. The van der Waals surface area contributed by atoms with Crippen molar-refractivity contribution in [2.24, 2.45) is 0 Å². The smallest absolute Gasteiger partial charge is 0.254 e. The lowest BCUT2D eigenvalue weighted by molar-refractivity contribution is 0.0730. The van der Waals surface area contributed by atoms with Gasteiger partial charge in [0.05, 0.1) is 11.3 Å². The normalized spacial score (nSPS) is 13.0. The number of amides is 1. The third-order valence-corrected chi connectivity index (χ3v) is 6.03. The highest BCUT2D eigenvalue weighted by Gasteiger charge is 2.28. The minimum atomic E-state index is -0.155. The predicted molar refractivity (Wildman–Crippen MR) is 124 cm³/mol. The summed E-state index contributed by atoms with van der Waals surface area (Å²) in [7, 11) is 0. The molecule has 0 saturated carbocycles. The molecule has 0 atom stereocenters. The molecule has 0 spiro atoms. The Kier molecular flexibility index (Phi) is 5.33. The number of hydrogen-bond donors (Lipinski definition) is 1. The lowest BCUT2D eigenvalue weighted by Crippen LogP contribution is -2.36. The van der Waals surface area contributed by atoms with Gasteiger partial charge < -0.3 is 4.90 Å². The summed E-state index contributed by atoms with van der Waals surface area (Å²) in [6.45, 7) is 0.985. The summed E-state index contributed by atoms with van der Waals surface area (Å²) in [6.07, 6.45) is 0.677. The number of fused-ring (bicyclic) bond motifs is 1. The van der Waals surface area contributed by atoms with Gasteiger partial charge in [0.2, 0.25) is 0 Å². The van der Waals surface area contributed by atoms with Crippen LogP contribution in [0.25, 0.3) is 11.3 Å². The van der Waals surface area contributed by atoms with Crippen LogP contribution in [0.2, 0.25) is 5.02 Å². The molecule has 3 aromatic carbocycles. The Morgan fingerprint density at radius 2 is 1.56 bits per heavy atom. The number of benzene rings is 3. The van der Waals surface area contributed by atoms with E-state index < -0.39 is 0 Å². The third kappa shape index (κ3) is 3.72. The molecule has 1 N–H and O–H groups in total. The predicted octanol–water partition coefficient (Wildman–Crippen LogP) is 5.16. The number of carbonyl (C=O) groups excluding carboxylic acids is 2. The van der Waals surface area contributed by atoms with Crippen LogP contribution in [-0.2, 0) is 13.0 Å². The minimum Gasteiger partial charge on any atom is -0.334 e. The molecule has 4 aromatic rings. The minimum absolute atomic E-state index is 0.154. The molecule has 1 amide bonds. The van der Waals surface area contributed by atoms with Crippen molar-refractivity contribution in [3.63, 3.8) is 0 Å². The maximum absolute atomic E-state index is 13.5. The molecular formula is C26H20ClN3O2. The van der Waals surface area contributed by atoms with Gasteiger partial charge in [0.25, 0.3) is 5.91 Å². The van der Waals surface area contributed by atoms with E-state index in [1.165, 1.54) is 0 Å². The zero-order valence-corrected chi connectivity index (χ0v) is 18.0. The molecule has 2 heterocycles. The molecule has 5 rings (SSSR count). The second-order valence-corrected chi connectivity index (χ2v) is 8.19. The van der Waals surface area contributed by atoms with Crippen molar-refractivity contribution in [1.29, 1.82) is 0 Å². The summed E-state index contributed by atoms with van der Waals surface area (Å²) in [5.74, 6) is -0.309. The number of rotatable bonds is 4. The van der Waals surface area contributed by atoms with E-state index in [4.69, 9.17) is 11.6 Å². The van der Waals surface area contributed by atoms with Gasteiger partial charge in [-0.05, 0) is 18.2 Å². The lowest BCUT2D eigenvalue weighted by atomic mass is 9.96. The zero-order chi connectivity index (χ0) is 22.1. The summed E-state index contributed by atoms with van der Waals surface area (Å²) in [6, 6.07) is 23.6. The van der Waals surface area contributed by atoms with Gasteiger partial charge in [0.1, 0.15) is 0 Å². The first-order chi connectivity index (χ1) is 15.6. The van der Waals surface area contributed by atoms with E-state index in [9.17, 15) is 9.59 Å². The van der Waals surface area contributed by atoms with Gasteiger partial charge >= 0.3 is 0 Å². The third-order valence-electron chi connectivity index (χ3n) is 5.78. The van der Waals surface area contributed by atoms with E-state index in [0.29, 0.717) is 41.2 Å². The summed E-state index contributed by atoms with van der Waals surface area (Å²) in [5, 5.41) is 8.27. The van der Waals surface area contributed by atoms with Gasteiger partial charge in [-0.15, -0.1) is 0 Å². The van der Waals surface area contributed by atoms with Crippen LogP contribution in [-0.4, -0.2) is 33.3 Å². The molecule has 5 nitrogen and oxygen atoms in total. The van der Waals surface area contributed by atoms with Crippen LogP contribution < -0.4 is 0 Å². The molecule has 1 aromatic heterocycles. The molecule has 0 radical (unpaired) electrons. The SMILES string of the molecule is O=C(c1ccccc1)c1ccccc1C(=O)N1CCc2[nH]nc(-c3ccc(Cl)cc3)c2C1. The second kappa shape index (κ2) is 8.44. The van der Waals surface area contributed by atoms with Crippen LogP contribution in [0.1, 0.15) is 37.5 Å². The van der Waals surface area contributed by atoms with Crippen molar-refractivity contribution in [2.45, 2.75) is 13.0 Å². The van der Waals surface area contributed by atoms with Gasteiger partial charge in [0.15, 0.2) is 5.78 Å². The second-order valence-electron chi connectivity index (χ2n) is 7.75. The first kappa shape index (κ1) is 20.2. The molecule has 0 aliphatic carbocycles. The number of carbonyl (C=O) groups is 2. The molecular weight excluding hydrogens is 422 g/mol. The van der Waals surface area contributed by atoms with Gasteiger partial charge in [-0.3, -0.25) is 14.7 Å². The molecule has 0 unspecified atom stereocenters. The standard InChI is InChI=1S/C26H20ClN3O2/c27-19-12-10-17(11-13-19)24-22-16-30(15-14-23(22)28-29-24)26(32)21-9-5-4-8-20(21)25(31)18-6-2-1-3-7-18/h1-13H,14-16H2,(H,28,29). The topological polar surface area (TPSA) is 66.1 Å². The number of halogens is 1. The number of aromatic nitrogens is 2. The Labute approximate surface area is 190 Å². The number of aromatic amines is 1. The molecule has 6 heteroatoms. The van der Waals surface area contributed by atoms with E-state index in [2.05, 4.69) is 10.2 Å². The van der Waals surface area contributed by atoms with Crippen molar-refractivity contribution in [2.75, 3.05) is 6.54 Å². The summed E-state index contributed by atoms with van der Waals surface area (Å²) < 4.78 is 0. The summed E-state index contributed by atoms with van der Waals surface area (Å²) in [4.78, 5) is 28.4. The van der Waals surface area contributed by atoms with E-state index in [1.807, 2.05) is 42.5 Å². The van der Waals surface area contributed by atoms with Crippen LogP contribution in [0.4, 0.5) is 0 Å². The first-order valence-electron chi connectivity index (χ1n) is 10.4. The highest BCUT2D eigenvalue weighted by atomic mass is 35.5. The number of nitrogens with zero attached hydrogens (tertiary/aromatic N) is 2. The van der Waals surface area contributed by atoms with E-state index >= 15 is 0 Å². The van der Waals surface area contributed by atoms with Gasteiger partial charge in [0, 0.05) is 52.5 Å². The van der Waals surface area contributed by atoms with Crippen LogP contribution in [0.3, 0.4) is 0 Å². The fourth-order valence-electron chi connectivity index (χ4n) is 4.10. The Morgan fingerprint density at radius 3 is 2.31 bits per heavy atom. The largest absolute Gasteiger partial charge is 0.334 e. The molecule has 0 fully saturated rings. The number of H-pyrrole nitrogens is 1. The average Bonchev–Trinajstić information content (AvgIpc) is 3.27. The Hall–Kier alpha value is -3.70. The Balaban J connectivity index is 1.45. The first-order valence-corrected chi connectivity index (χ1v) is 10.8. The van der Waals surface area contributed by atoms with E-state index in [1.54, 1.807) is 41.3 Å². The molecule has 0 bridgehead atoms. The van der Waals surface area contributed by atoms with Crippen molar-refractivity contribution in [3.05, 3.63) is 112 Å². The molecule has 1 aliphatic rings. The summed E-state index contributed by atoms with van der Waals surface area (Å²) in [5.41, 5.74) is 5.20. The van der Waals surface area contributed by atoms with E-state index in [-0.39, 0.29) is 11.7 Å². The van der Waals surface area contributed by atoms with Crippen molar-refractivity contribution < 1.29 is 9.59 Å². The van der Waals surface area contributed by atoms with Crippen LogP contribution in [0, 0.1) is 0 Å². The average molecular weight is 442 g/mol. The quantitative estimate of drug-likeness (QED) is 0.445. The van der Waals surface area contributed by atoms with Crippen LogP contribution >= 0.6 is 11.6 Å². The van der Waals surface area contributed by atoms with Crippen molar-refractivity contribution in [1.82, 2.24) is 15.1 Å². The fourth-order valence-corrected chi connectivity index (χ4v) is 4.22. The molecule has 0 saturated heterocycles. The van der Waals surface area contributed by atoms with Gasteiger partial charge in [-0.2, -0.15) is 5.10 Å². The Morgan fingerprint density at radius 1 is 0.875 bits per heavy atom. The fraction of sp³-hybridized carbons (Fsp3) is 0.115. The molecule has 32 heavy (non-hydrogen) atoms. The Bertz CT molecular complexity index is 1300. The maximum Gasteiger partial charge on any atom is 0.254 e.